The minimum atomic E-state index is -0.00562. The second-order valence-corrected chi connectivity index (χ2v) is 4.72. The molecule has 5 heteroatoms. The fourth-order valence-electron chi connectivity index (χ4n) is 1.97. The molecule has 2 heterocycles. The van der Waals surface area contributed by atoms with E-state index in [9.17, 15) is 9.90 Å². The van der Waals surface area contributed by atoms with Crippen molar-refractivity contribution in [1.82, 2.24) is 9.55 Å². The van der Waals surface area contributed by atoms with E-state index in [1.54, 1.807) is 35.0 Å². The van der Waals surface area contributed by atoms with Crippen LogP contribution in [0.2, 0.25) is 0 Å². The molecule has 0 spiro atoms. The summed E-state index contributed by atoms with van der Waals surface area (Å²) < 4.78 is 1.67. The molecule has 0 aliphatic heterocycles. The summed E-state index contributed by atoms with van der Waals surface area (Å²) in [6.45, 7) is 5.02. The number of anilines is 1. The van der Waals surface area contributed by atoms with Gasteiger partial charge in [0.1, 0.15) is 11.4 Å². The number of hydrogen-bond acceptors (Lipinski definition) is 4. The van der Waals surface area contributed by atoms with Crippen LogP contribution in [-0.2, 0) is 13.1 Å². The highest BCUT2D eigenvalue weighted by atomic mass is 16.3. The summed E-state index contributed by atoms with van der Waals surface area (Å²) >= 11 is 0. The molecular formula is C15H19N3O2. The van der Waals surface area contributed by atoms with Gasteiger partial charge in [-0.1, -0.05) is 6.92 Å². The van der Waals surface area contributed by atoms with Crippen LogP contribution in [0, 0.1) is 6.92 Å². The molecule has 5 nitrogen and oxygen atoms in total. The molecule has 2 N–H and O–H groups in total. The lowest BCUT2D eigenvalue weighted by atomic mass is 10.2. The Labute approximate surface area is 117 Å². The maximum atomic E-state index is 11.6. The molecule has 0 bridgehead atoms. The Morgan fingerprint density at radius 1 is 1.30 bits per heavy atom. The molecule has 106 valence electrons. The van der Waals surface area contributed by atoms with Crippen molar-refractivity contribution in [2.45, 2.75) is 33.4 Å². The van der Waals surface area contributed by atoms with E-state index in [1.165, 1.54) is 0 Å². The smallest absolute Gasteiger partial charge is 0.250 e. The summed E-state index contributed by atoms with van der Waals surface area (Å²) in [6.07, 6.45) is 2.70. The number of nitrogens with one attached hydrogen (secondary N) is 1. The minimum absolute atomic E-state index is 0.00562. The summed E-state index contributed by atoms with van der Waals surface area (Å²) in [5.74, 6) is 0.171. The zero-order valence-electron chi connectivity index (χ0n) is 11.8. The molecule has 0 aromatic carbocycles. The van der Waals surface area contributed by atoms with Crippen molar-refractivity contribution < 1.29 is 5.11 Å². The van der Waals surface area contributed by atoms with E-state index >= 15 is 0 Å². The third-order valence-corrected chi connectivity index (χ3v) is 3.00. The van der Waals surface area contributed by atoms with Gasteiger partial charge in [0.2, 0.25) is 0 Å². The van der Waals surface area contributed by atoms with Gasteiger partial charge in [0, 0.05) is 24.5 Å². The van der Waals surface area contributed by atoms with E-state index in [0.717, 1.165) is 17.8 Å². The van der Waals surface area contributed by atoms with E-state index in [-0.39, 0.29) is 11.3 Å². The topological polar surface area (TPSA) is 67.2 Å². The zero-order chi connectivity index (χ0) is 14.5. The van der Waals surface area contributed by atoms with Gasteiger partial charge >= 0.3 is 0 Å². The Morgan fingerprint density at radius 3 is 2.85 bits per heavy atom. The fourth-order valence-corrected chi connectivity index (χ4v) is 1.97. The quantitative estimate of drug-likeness (QED) is 0.877. The number of nitrogens with zero attached hydrogens (tertiary/aromatic N) is 2. The molecule has 2 rings (SSSR count). The monoisotopic (exact) mass is 273 g/mol. The van der Waals surface area contributed by atoms with Gasteiger partial charge in [-0.3, -0.25) is 9.78 Å². The third kappa shape index (κ3) is 3.38. The predicted molar refractivity (Wildman–Crippen MR) is 79.0 cm³/mol. The van der Waals surface area contributed by atoms with E-state index in [0.29, 0.717) is 18.8 Å². The average molecular weight is 273 g/mol. The molecule has 0 fully saturated rings. The van der Waals surface area contributed by atoms with Gasteiger partial charge in [0.25, 0.3) is 5.56 Å². The Balaban J connectivity index is 2.12. The van der Waals surface area contributed by atoms with Crippen molar-refractivity contribution in [1.29, 1.82) is 0 Å². The zero-order valence-corrected chi connectivity index (χ0v) is 11.8. The van der Waals surface area contributed by atoms with Crippen LogP contribution in [0.5, 0.6) is 5.75 Å². The van der Waals surface area contributed by atoms with Gasteiger partial charge < -0.3 is 15.0 Å². The lowest BCUT2D eigenvalue weighted by molar-refractivity contribution is 0.464. The molecule has 20 heavy (non-hydrogen) atoms. The first-order valence-corrected chi connectivity index (χ1v) is 6.70. The highest BCUT2D eigenvalue weighted by Crippen LogP contribution is 2.16. The molecule has 2 aromatic heterocycles. The van der Waals surface area contributed by atoms with Gasteiger partial charge in [-0.25, -0.2) is 0 Å². The normalized spacial score (nSPS) is 10.5. The summed E-state index contributed by atoms with van der Waals surface area (Å²) in [5, 5.41) is 12.9. The van der Waals surface area contributed by atoms with E-state index in [4.69, 9.17) is 0 Å². The summed E-state index contributed by atoms with van der Waals surface area (Å²) in [7, 11) is 0. The Bertz CT molecular complexity index is 650. The molecule has 0 saturated heterocycles. The average Bonchev–Trinajstić information content (AvgIpc) is 2.43. The van der Waals surface area contributed by atoms with Gasteiger partial charge in [0.15, 0.2) is 0 Å². The first kappa shape index (κ1) is 14.1. The van der Waals surface area contributed by atoms with Crippen LogP contribution in [0.1, 0.15) is 24.7 Å². The van der Waals surface area contributed by atoms with Crippen LogP contribution >= 0.6 is 0 Å². The molecule has 0 atom stereocenters. The van der Waals surface area contributed by atoms with Crippen molar-refractivity contribution in [2.24, 2.45) is 0 Å². The maximum Gasteiger partial charge on any atom is 0.250 e. The predicted octanol–water partition coefficient (Wildman–Crippen LogP) is 2.28. The summed E-state index contributed by atoms with van der Waals surface area (Å²) in [4.78, 5) is 15.9. The van der Waals surface area contributed by atoms with Gasteiger partial charge in [-0.15, -0.1) is 0 Å². The first-order chi connectivity index (χ1) is 9.60. The standard InChI is InChI=1S/C15H19N3O2/c1-3-8-18-10-12(5-7-15(18)20)16-9-13-14(19)6-4-11(2)17-13/h4-7,10,16,19H,3,8-9H2,1-2H3. The van der Waals surface area contributed by atoms with Crippen molar-refractivity contribution in [3.8, 4) is 5.75 Å². The lowest BCUT2D eigenvalue weighted by Gasteiger charge is -2.10. The van der Waals surface area contributed by atoms with Gasteiger partial charge in [-0.05, 0) is 31.5 Å². The van der Waals surface area contributed by atoms with Crippen molar-refractivity contribution in [3.05, 3.63) is 52.2 Å². The number of aromatic nitrogens is 2. The SMILES string of the molecule is CCCn1cc(NCc2nc(C)ccc2O)ccc1=O. The molecule has 0 radical (unpaired) electrons. The number of pyridine rings is 2. The highest BCUT2D eigenvalue weighted by Gasteiger charge is 2.04. The van der Waals surface area contributed by atoms with Crippen LogP contribution in [0.15, 0.2) is 35.3 Å². The molecule has 0 amide bonds. The summed E-state index contributed by atoms with van der Waals surface area (Å²) in [6, 6.07) is 6.68. The third-order valence-electron chi connectivity index (χ3n) is 3.00. The molecular weight excluding hydrogens is 254 g/mol. The summed E-state index contributed by atoms with van der Waals surface area (Å²) in [5.41, 5.74) is 2.28. The van der Waals surface area contributed by atoms with Gasteiger partial charge in [-0.2, -0.15) is 0 Å². The van der Waals surface area contributed by atoms with Crippen LogP contribution in [0.4, 0.5) is 5.69 Å². The minimum Gasteiger partial charge on any atom is -0.506 e. The van der Waals surface area contributed by atoms with Crippen LogP contribution in [0.25, 0.3) is 0 Å². The fraction of sp³-hybridized carbons (Fsp3) is 0.333. The maximum absolute atomic E-state index is 11.6. The van der Waals surface area contributed by atoms with Crippen molar-refractivity contribution in [3.63, 3.8) is 0 Å². The van der Waals surface area contributed by atoms with E-state index in [2.05, 4.69) is 10.3 Å². The molecule has 0 unspecified atom stereocenters. The Morgan fingerprint density at radius 2 is 2.10 bits per heavy atom. The van der Waals surface area contributed by atoms with Crippen LogP contribution in [0.3, 0.4) is 0 Å². The van der Waals surface area contributed by atoms with E-state index < -0.39 is 0 Å². The number of hydrogen-bond donors (Lipinski definition) is 2. The Hall–Kier alpha value is -2.30. The highest BCUT2D eigenvalue weighted by molar-refractivity contribution is 5.42. The Kier molecular flexibility index (Phi) is 4.40. The van der Waals surface area contributed by atoms with E-state index in [1.807, 2.05) is 13.8 Å². The number of aromatic hydroxyl groups is 1. The largest absolute Gasteiger partial charge is 0.506 e. The molecule has 0 aliphatic rings. The van der Waals surface area contributed by atoms with Crippen molar-refractivity contribution >= 4 is 5.69 Å². The number of rotatable bonds is 5. The second kappa shape index (κ2) is 6.23. The van der Waals surface area contributed by atoms with Crippen LogP contribution < -0.4 is 10.9 Å². The second-order valence-electron chi connectivity index (χ2n) is 4.72. The molecule has 0 saturated carbocycles. The first-order valence-electron chi connectivity index (χ1n) is 6.70. The molecule has 2 aromatic rings. The molecule has 0 aliphatic carbocycles. The van der Waals surface area contributed by atoms with Crippen molar-refractivity contribution in [2.75, 3.05) is 5.32 Å². The van der Waals surface area contributed by atoms with Crippen LogP contribution in [-0.4, -0.2) is 14.7 Å². The lowest BCUT2D eigenvalue weighted by Crippen LogP contribution is -2.18. The number of aryl methyl sites for hydroxylation is 2. The van der Waals surface area contributed by atoms with Gasteiger partial charge in [0.05, 0.1) is 12.2 Å².